The first-order chi connectivity index (χ1) is 6.76. The zero-order valence-corrected chi connectivity index (χ0v) is 8.92. The van der Waals surface area contributed by atoms with Gasteiger partial charge in [-0.05, 0) is 31.1 Å². The topological polar surface area (TPSA) is 29.5 Å². The van der Waals surface area contributed by atoms with E-state index < -0.39 is 0 Å². The fraction of sp³-hybridized carbons (Fsp3) is 0.909. The van der Waals surface area contributed by atoms with E-state index in [0.717, 1.165) is 19.5 Å². The Bertz CT molecular complexity index is 221. The van der Waals surface area contributed by atoms with Crippen LogP contribution in [0, 0.1) is 5.41 Å². The van der Waals surface area contributed by atoms with E-state index in [1.54, 1.807) is 0 Å². The van der Waals surface area contributed by atoms with Crippen LogP contribution in [0.25, 0.3) is 0 Å². The molecular weight excluding hydrogens is 178 g/mol. The Hall–Kier alpha value is -0.730. The Morgan fingerprint density at radius 2 is 1.86 bits per heavy atom. The molecule has 1 saturated heterocycles. The van der Waals surface area contributed by atoms with E-state index in [4.69, 9.17) is 4.74 Å². The fourth-order valence-corrected chi connectivity index (χ4v) is 3.03. The second-order valence-electron chi connectivity index (χ2n) is 4.70. The van der Waals surface area contributed by atoms with Crippen LogP contribution in [0.1, 0.15) is 38.5 Å². The van der Waals surface area contributed by atoms with E-state index in [9.17, 15) is 4.79 Å². The molecule has 0 aromatic carbocycles. The van der Waals surface area contributed by atoms with Crippen molar-refractivity contribution in [1.82, 2.24) is 4.90 Å². The number of carbonyl (C=O) groups is 1. The Labute approximate surface area is 85.4 Å². The molecule has 0 unspecified atom stereocenters. The van der Waals surface area contributed by atoms with Gasteiger partial charge in [-0.3, -0.25) is 0 Å². The van der Waals surface area contributed by atoms with E-state index in [-0.39, 0.29) is 6.09 Å². The van der Waals surface area contributed by atoms with E-state index in [2.05, 4.69) is 0 Å². The summed E-state index contributed by atoms with van der Waals surface area (Å²) in [6.07, 6.45) is 7.61. The van der Waals surface area contributed by atoms with Crippen LogP contribution in [0.15, 0.2) is 0 Å². The second kappa shape index (κ2) is 3.79. The summed E-state index contributed by atoms with van der Waals surface area (Å²) in [6.45, 7) is 1.81. The van der Waals surface area contributed by atoms with E-state index in [1.807, 2.05) is 4.90 Å². The molecule has 0 atom stereocenters. The summed E-state index contributed by atoms with van der Waals surface area (Å²) in [5.74, 6) is 0. The van der Waals surface area contributed by atoms with Crippen LogP contribution in [0.5, 0.6) is 0 Å². The summed E-state index contributed by atoms with van der Waals surface area (Å²) >= 11 is 0. The van der Waals surface area contributed by atoms with Crippen molar-refractivity contribution in [3.8, 4) is 0 Å². The first-order valence-electron chi connectivity index (χ1n) is 5.59. The van der Waals surface area contributed by atoms with E-state index >= 15 is 0 Å². The molecule has 1 amide bonds. The minimum atomic E-state index is -0.143. The van der Waals surface area contributed by atoms with Gasteiger partial charge in [0.25, 0.3) is 0 Å². The van der Waals surface area contributed by atoms with Gasteiger partial charge in [0.05, 0.1) is 7.11 Å². The van der Waals surface area contributed by atoms with Crippen molar-refractivity contribution in [3.63, 3.8) is 0 Å². The maximum Gasteiger partial charge on any atom is 0.409 e. The molecule has 1 heterocycles. The number of nitrogens with zero attached hydrogens (tertiary/aromatic N) is 1. The molecule has 80 valence electrons. The van der Waals surface area contributed by atoms with Gasteiger partial charge in [0, 0.05) is 13.1 Å². The molecule has 0 bridgehead atoms. The fourth-order valence-electron chi connectivity index (χ4n) is 3.03. The molecule has 0 aromatic rings. The van der Waals surface area contributed by atoms with Crippen LogP contribution in [-0.2, 0) is 4.74 Å². The van der Waals surface area contributed by atoms with Gasteiger partial charge in [-0.2, -0.15) is 0 Å². The summed E-state index contributed by atoms with van der Waals surface area (Å²) < 4.78 is 4.78. The number of ether oxygens (including phenoxy) is 1. The highest BCUT2D eigenvalue weighted by Gasteiger charge is 2.39. The maximum atomic E-state index is 11.4. The highest BCUT2D eigenvalue weighted by atomic mass is 16.5. The van der Waals surface area contributed by atoms with E-state index in [0.29, 0.717) is 5.41 Å². The van der Waals surface area contributed by atoms with Crippen LogP contribution in [0.4, 0.5) is 4.79 Å². The van der Waals surface area contributed by atoms with Gasteiger partial charge in [-0.25, -0.2) is 4.79 Å². The van der Waals surface area contributed by atoms with Gasteiger partial charge in [0.2, 0.25) is 0 Å². The van der Waals surface area contributed by atoms with Crippen LogP contribution in [-0.4, -0.2) is 31.2 Å². The van der Waals surface area contributed by atoms with Crippen molar-refractivity contribution in [1.29, 1.82) is 0 Å². The standard InChI is InChI=1S/C11H19NO2/c1-14-10(13)12-8-4-7-11(9-12)5-2-3-6-11/h2-9H2,1H3. The highest BCUT2D eigenvalue weighted by Crippen LogP contribution is 2.44. The number of likely N-dealkylation sites (tertiary alicyclic amines) is 1. The summed E-state index contributed by atoms with van der Waals surface area (Å²) in [6, 6.07) is 0. The van der Waals surface area contributed by atoms with Gasteiger partial charge in [0.15, 0.2) is 0 Å². The first-order valence-corrected chi connectivity index (χ1v) is 5.59. The Morgan fingerprint density at radius 3 is 2.50 bits per heavy atom. The maximum absolute atomic E-state index is 11.4. The number of methoxy groups -OCH3 is 1. The monoisotopic (exact) mass is 197 g/mol. The zero-order chi connectivity index (χ0) is 10.0. The molecule has 2 aliphatic rings. The Kier molecular flexibility index (Phi) is 2.66. The lowest BCUT2D eigenvalue weighted by molar-refractivity contribution is 0.0691. The summed E-state index contributed by atoms with van der Waals surface area (Å²) in [4.78, 5) is 13.3. The number of piperidine rings is 1. The molecule has 1 saturated carbocycles. The molecule has 14 heavy (non-hydrogen) atoms. The van der Waals surface area contributed by atoms with Crippen LogP contribution in [0.3, 0.4) is 0 Å². The predicted molar refractivity (Wildman–Crippen MR) is 54.1 cm³/mol. The lowest BCUT2D eigenvalue weighted by Gasteiger charge is -2.39. The van der Waals surface area contributed by atoms with Gasteiger partial charge < -0.3 is 9.64 Å². The van der Waals surface area contributed by atoms with Crippen molar-refractivity contribution in [2.24, 2.45) is 5.41 Å². The molecule has 2 fully saturated rings. The molecule has 1 spiro atoms. The molecule has 0 aromatic heterocycles. The van der Waals surface area contributed by atoms with Crippen molar-refractivity contribution >= 4 is 6.09 Å². The van der Waals surface area contributed by atoms with Crippen molar-refractivity contribution < 1.29 is 9.53 Å². The average molecular weight is 197 g/mol. The number of hydrogen-bond donors (Lipinski definition) is 0. The third kappa shape index (κ3) is 1.72. The second-order valence-corrected chi connectivity index (χ2v) is 4.70. The largest absolute Gasteiger partial charge is 0.453 e. The normalized spacial score (nSPS) is 25.4. The predicted octanol–water partition coefficient (Wildman–Crippen LogP) is 2.41. The van der Waals surface area contributed by atoms with Crippen LogP contribution < -0.4 is 0 Å². The number of amides is 1. The number of carbonyl (C=O) groups excluding carboxylic acids is 1. The zero-order valence-electron chi connectivity index (χ0n) is 8.92. The SMILES string of the molecule is COC(=O)N1CCCC2(CCCC2)C1. The lowest BCUT2D eigenvalue weighted by Crippen LogP contribution is -2.44. The molecular formula is C11H19NO2. The van der Waals surface area contributed by atoms with Crippen molar-refractivity contribution in [2.75, 3.05) is 20.2 Å². The van der Waals surface area contributed by atoms with E-state index in [1.165, 1.54) is 39.2 Å². The molecule has 1 aliphatic heterocycles. The smallest absolute Gasteiger partial charge is 0.409 e. The summed E-state index contributed by atoms with van der Waals surface area (Å²) in [5, 5.41) is 0. The molecule has 0 radical (unpaired) electrons. The first kappa shape index (κ1) is 9.81. The number of rotatable bonds is 0. The third-order valence-electron chi connectivity index (χ3n) is 3.76. The number of hydrogen-bond acceptors (Lipinski definition) is 2. The summed E-state index contributed by atoms with van der Waals surface area (Å²) in [7, 11) is 1.47. The highest BCUT2D eigenvalue weighted by molar-refractivity contribution is 5.67. The van der Waals surface area contributed by atoms with Gasteiger partial charge in [-0.1, -0.05) is 12.8 Å². The molecule has 2 rings (SSSR count). The molecule has 1 aliphatic carbocycles. The molecule has 3 heteroatoms. The molecule has 3 nitrogen and oxygen atoms in total. The molecule has 0 N–H and O–H groups in total. The van der Waals surface area contributed by atoms with Crippen LogP contribution in [0.2, 0.25) is 0 Å². The van der Waals surface area contributed by atoms with Gasteiger partial charge in [-0.15, -0.1) is 0 Å². The van der Waals surface area contributed by atoms with Crippen molar-refractivity contribution in [2.45, 2.75) is 38.5 Å². The quantitative estimate of drug-likeness (QED) is 0.597. The Morgan fingerprint density at radius 1 is 1.21 bits per heavy atom. The van der Waals surface area contributed by atoms with Gasteiger partial charge in [0.1, 0.15) is 0 Å². The van der Waals surface area contributed by atoms with Crippen molar-refractivity contribution in [3.05, 3.63) is 0 Å². The minimum absolute atomic E-state index is 0.143. The van der Waals surface area contributed by atoms with Gasteiger partial charge >= 0.3 is 6.09 Å². The minimum Gasteiger partial charge on any atom is -0.453 e. The lowest BCUT2D eigenvalue weighted by atomic mass is 9.78. The third-order valence-corrected chi connectivity index (χ3v) is 3.76. The van der Waals surface area contributed by atoms with Crippen LogP contribution >= 0.6 is 0 Å². The average Bonchev–Trinajstić information content (AvgIpc) is 2.65. The Balaban J connectivity index is 1.99. The summed E-state index contributed by atoms with van der Waals surface area (Å²) in [5.41, 5.74) is 0.451.